The zero-order valence-corrected chi connectivity index (χ0v) is 18.4. The van der Waals surface area contributed by atoms with Crippen molar-refractivity contribution in [1.29, 1.82) is 0 Å². The molecule has 0 spiro atoms. The van der Waals surface area contributed by atoms with Crippen LogP contribution in [0.2, 0.25) is 5.02 Å². The number of carbonyl (C=O) groups excluding carboxylic acids is 1. The molecule has 0 aliphatic heterocycles. The third kappa shape index (κ3) is 6.06. The average Bonchev–Trinajstić information content (AvgIpc) is 2.60. The summed E-state index contributed by atoms with van der Waals surface area (Å²) in [5.74, 6) is -0.300. The lowest BCUT2D eigenvalue weighted by molar-refractivity contribution is -0.115. The maximum Gasteiger partial charge on any atom is 0.238 e. The summed E-state index contributed by atoms with van der Waals surface area (Å²) in [4.78, 5) is 12.4. The van der Waals surface area contributed by atoms with Crippen molar-refractivity contribution in [3.8, 4) is 0 Å². The van der Waals surface area contributed by atoms with Crippen LogP contribution in [0.4, 0.5) is 5.69 Å². The number of amides is 1. The third-order valence-corrected chi connectivity index (χ3v) is 5.93. The van der Waals surface area contributed by atoms with Gasteiger partial charge in [0.15, 0.2) is 9.84 Å². The highest BCUT2D eigenvalue weighted by atomic mass is 35.5. The molecule has 0 aromatic heterocycles. The van der Waals surface area contributed by atoms with E-state index in [0.717, 1.165) is 11.8 Å². The van der Waals surface area contributed by atoms with Gasteiger partial charge in [0, 0.05) is 12.3 Å². The van der Waals surface area contributed by atoms with Crippen LogP contribution in [-0.2, 0) is 20.0 Å². The number of sulfone groups is 1. The summed E-state index contributed by atoms with van der Waals surface area (Å²) in [6.07, 6.45) is 1.11. The van der Waals surface area contributed by atoms with Gasteiger partial charge in [0.1, 0.15) is 0 Å². The molecular weight excluding hydrogens is 396 g/mol. The summed E-state index contributed by atoms with van der Waals surface area (Å²) >= 11 is 6.07. The normalized spacial score (nSPS) is 13.2. The zero-order valence-electron chi connectivity index (χ0n) is 16.8. The number of hydrogen-bond donors (Lipinski definition) is 2. The van der Waals surface area contributed by atoms with Crippen LogP contribution in [-0.4, -0.2) is 27.1 Å². The Hall–Kier alpha value is -1.89. The molecule has 0 saturated carbocycles. The standard InChI is InChI=1S/C21H27ClN2O3S/c1-14(15-6-8-16(9-7-15)21(2,3)4)23-13-20(25)24-19-12-17(28(5,26)27)10-11-18(19)22/h6-12,14,23H,13H2,1-5H3,(H,24,25)/t14-/m1/s1. The molecule has 28 heavy (non-hydrogen) atoms. The van der Waals surface area contributed by atoms with E-state index in [9.17, 15) is 13.2 Å². The Labute approximate surface area is 172 Å². The minimum atomic E-state index is -3.38. The van der Waals surface area contributed by atoms with Crippen LogP contribution in [0.5, 0.6) is 0 Å². The van der Waals surface area contributed by atoms with Crippen molar-refractivity contribution in [2.45, 2.75) is 44.0 Å². The van der Waals surface area contributed by atoms with E-state index in [2.05, 4.69) is 55.7 Å². The molecule has 0 saturated heterocycles. The highest BCUT2D eigenvalue weighted by molar-refractivity contribution is 7.90. The molecule has 0 radical (unpaired) electrons. The number of benzene rings is 2. The molecule has 2 aromatic rings. The third-order valence-electron chi connectivity index (χ3n) is 4.49. The second-order valence-electron chi connectivity index (χ2n) is 7.94. The predicted molar refractivity (Wildman–Crippen MR) is 115 cm³/mol. The van der Waals surface area contributed by atoms with E-state index in [-0.39, 0.29) is 39.5 Å². The molecule has 5 nitrogen and oxygen atoms in total. The number of halogens is 1. The highest BCUT2D eigenvalue weighted by Gasteiger charge is 2.15. The molecule has 7 heteroatoms. The molecule has 0 heterocycles. The lowest BCUT2D eigenvalue weighted by Crippen LogP contribution is -2.30. The van der Waals surface area contributed by atoms with Gasteiger partial charge in [-0.15, -0.1) is 0 Å². The van der Waals surface area contributed by atoms with Crippen molar-refractivity contribution in [3.63, 3.8) is 0 Å². The number of anilines is 1. The number of hydrogen-bond acceptors (Lipinski definition) is 4. The smallest absolute Gasteiger partial charge is 0.238 e. The van der Waals surface area contributed by atoms with Crippen LogP contribution in [0.1, 0.15) is 44.9 Å². The van der Waals surface area contributed by atoms with E-state index in [1.165, 1.54) is 23.8 Å². The van der Waals surface area contributed by atoms with Crippen LogP contribution < -0.4 is 10.6 Å². The number of rotatable bonds is 6. The minimum absolute atomic E-state index is 0.0161. The fraction of sp³-hybridized carbons (Fsp3) is 0.381. The van der Waals surface area contributed by atoms with Crippen molar-refractivity contribution in [2.75, 3.05) is 18.1 Å². The van der Waals surface area contributed by atoms with Gasteiger partial charge in [0.05, 0.1) is 22.2 Å². The molecule has 1 amide bonds. The van der Waals surface area contributed by atoms with Crippen LogP contribution in [0.15, 0.2) is 47.4 Å². The molecule has 152 valence electrons. The van der Waals surface area contributed by atoms with Gasteiger partial charge in [-0.3, -0.25) is 4.79 Å². The first kappa shape index (κ1) is 22.4. The predicted octanol–water partition coefficient (Wildman–Crippen LogP) is 4.33. The van der Waals surface area contributed by atoms with Gasteiger partial charge < -0.3 is 10.6 Å². The second kappa shape index (κ2) is 8.64. The second-order valence-corrected chi connectivity index (χ2v) is 10.4. The molecular formula is C21H27ClN2O3S. The van der Waals surface area contributed by atoms with Crippen molar-refractivity contribution >= 4 is 33.0 Å². The van der Waals surface area contributed by atoms with E-state index in [4.69, 9.17) is 11.6 Å². The summed E-state index contributed by atoms with van der Waals surface area (Å²) in [6.45, 7) is 8.55. The monoisotopic (exact) mass is 422 g/mol. The quantitative estimate of drug-likeness (QED) is 0.726. The molecule has 0 unspecified atom stereocenters. The number of carbonyl (C=O) groups is 1. The van der Waals surface area contributed by atoms with Gasteiger partial charge in [-0.25, -0.2) is 8.42 Å². The van der Waals surface area contributed by atoms with Crippen molar-refractivity contribution in [1.82, 2.24) is 5.32 Å². The fourth-order valence-corrected chi connectivity index (χ4v) is 3.47. The van der Waals surface area contributed by atoms with Crippen LogP contribution in [0.25, 0.3) is 0 Å². The Morgan fingerprint density at radius 1 is 1.11 bits per heavy atom. The first-order valence-corrected chi connectivity index (χ1v) is 11.3. The summed E-state index contributed by atoms with van der Waals surface area (Å²) < 4.78 is 23.3. The summed E-state index contributed by atoms with van der Waals surface area (Å²) in [7, 11) is -3.38. The Bertz CT molecular complexity index is 949. The molecule has 2 N–H and O–H groups in total. The zero-order chi connectivity index (χ0) is 21.1. The van der Waals surface area contributed by atoms with Crippen LogP contribution in [0.3, 0.4) is 0 Å². The largest absolute Gasteiger partial charge is 0.324 e. The van der Waals surface area contributed by atoms with Crippen LogP contribution in [0, 0.1) is 0 Å². The SMILES string of the molecule is C[C@@H](NCC(=O)Nc1cc(S(C)(=O)=O)ccc1Cl)c1ccc(C(C)(C)C)cc1. The Morgan fingerprint density at radius 2 is 1.71 bits per heavy atom. The first-order chi connectivity index (χ1) is 12.9. The van der Waals surface area contributed by atoms with E-state index < -0.39 is 9.84 Å². The Balaban J connectivity index is 1.99. The topological polar surface area (TPSA) is 75.3 Å². The maximum atomic E-state index is 12.3. The Morgan fingerprint density at radius 3 is 2.25 bits per heavy atom. The van der Waals surface area contributed by atoms with Gasteiger partial charge in [-0.2, -0.15) is 0 Å². The van der Waals surface area contributed by atoms with Crippen molar-refractivity contribution < 1.29 is 13.2 Å². The number of nitrogens with one attached hydrogen (secondary N) is 2. The summed E-state index contributed by atoms with van der Waals surface area (Å²) in [5, 5.41) is 6.11. The van der Waals surface area contributed by atoms with E-state index >= 15 is 0 Å². The lowest BCUT2D eigenvalue weighted by Gasteiger charge is -2.20. The lowest BCUT2D eigenvalue weighted by atomic mass is 9.86. The molecule has 2 aromatic carbocycles. The summed E-state index contributed by atoms with van der Waals surface area (Å²) in [5.41, 5.74) is 2.70. The van der Waals surface area contributed by atoms with E-state index in [1.807, 2.05) is 6.92 Å². The fourth-order valence-electron chi connectivity index (χ4n) is 2.66. The van der Waals surface area contributed by atoms with Crippen molar-refractivity contribution in [3.05, 3.63) is 58.6 Å². The van der Waals surface area contributed by atoms with E-state index in [1.54, 1.807) is 0 Å². The molecule has 0 aliphatic carbocycles. The van der Waals surface area contributed by atoms with Gasteiger partial charge in [0.2, 0.25) is 5.91 Å². The molecule has 0 aliphatic rings. The minimum Gasteiger partial charge on any atom is -0.324 e. The molecule has 1 atom stereocenters. The first-order valence-electron chi connectivity index (χ1n) is 9.01. The molecule has 0 bridgehead atoms. The van der Waals surface area contributed by atoms with Crippen LogP contribution >= 0.6 is 11.6 Å². The van der Waals surface area contributed by atoms with Gasteiger partial charge in [-0.1, -0.05) is 56.6 Å². The highest BCUT2D eigenvalue weighted by Crippen LogP contribution is 2.26. The van der Waals surface area contributed by atoms with Gasteiger partial charge in [-0.05, 0) is 41.7 Å². The van der Waals surface area contributed by atoms with Crippen molar-refractivity contribution in [2.24, 2.45) is 0 Å². The molecule has 0 fully saturated rings. The summed E-state index contributed by atoms with van der Waals surface area (Å²) in [6, 6.07) is 12.5. The van der Waals surface area contributed by atoms with Gasteiger partial charge in [0.25, 0.3) is 0 Å². The van der Waals surface area contributed by atoms with Gasteiger partial charge >= 0.3 is 0 Å². The van der Waals surface area contributed by atoms with E-state index in [0.29, 0.717) is 0 Å². The molecule has 2 rings (SSSR count). The maximum absolute atomic E-state index is 12.3. The average molecular weight is 423 g/mol. The Kier molecular flexibility index (Phi) is 6.91.